The quantitative estimate of drug-likeness (QED) is 0.0738. The van der Waals surface area contributed by atoms with Crippen LogP contribution in [0.3, 0.4) is 0 Å². The maximum atomic E-state index is 15.5. The topological polar surface area (TPSA) is 237 Å². The van der Waals surface area contributed by atoms with Gasteiger partial charge in [0, 0.05) is 66.7 Å². The lowest BCUT2D eigenvalue weighted by Crippen LogP contribution is -2.46. The van der Waals surface area contributed by atoms with E-state index in [1.54, 1.807) is 13.8 Å². The summed E-state index contributed by atoms with van der Waals surface area (Å²) in [5.74, 6) is 1.17. The highest BCUT2D eigenvalue weighted by Gasteiger charge is 2.54. The van der Waals surface area contributed by atoms with Crippen molar-refractivity contribution in [1.82, 2.24) is 23.8 Å². The van der Waals surface area contributed by atoms with Crippen molar-refractivity contribution >= 4 is 16.3 Å². The van der Waals surface area contributed by atoms with Gasteiger partial charge in [-0.25, -0.2) is 18.8 Å². The maximum absolute atomic E-state index is 15.5. The van der Waals surface area contributed by atoms with Crippen LogP contribution in [-0.2, 0) is 47.0 Å². The van der Waals surface area contributed by atoms with E-state index in [2.05, 4.69) is 20.7 Å². The van der Waals surface area contributed by atoms with E-state index in [-0.39, 0.29) is 55.5 Å². The third-order valence-corrected chi connectivity index (χ3v) is 17.7. The van der Waals surface area contributed by atoms with Gasteiger partial charge >= 0.3 is 19.2 Å². The number of aromatic amines is 2. The summed E-state index contributed by atoms with van der Waals surface area (Å²) in [5, 5.41) is 9.48. The molecule has 5 aromatic rings. The first-order valence-corrected chi connectivity index (χ1v) is 28.0. The van der Waals surface area contributed by atoms with Gasteiger partial charge in [-0.05, 0) is 72.1 Å². The Bertz CT molecular complexity index is 3100. The molecule has 0 saturated carbocycles. The lowest BCUT2D eigenvalue weighted by atomic mass is 9.77. The molecule has 0 aliphatic carbocycles. The Hall–Kier alpha value is -5.39. The summed E-state index contributed by atoms with van der Waals surface area (Å²) in [6.07, 6.45) is -3.56. The molecule has 75 heavy (non-hydrogen) atoms. The van der Waals surface area contributed by atoms with Crippen LogP contribution in [0, 0.1) is 25.2 Å². The summed E-state index contributed by atoms with van der Waals surface area (Å²) in [5.41, 5.74) is -0.996. The molecule has 0 amide bonds. The van der Waals surface area contributed by atoms with Crippen molar-refractivity contribution in [1.29, 1.82) is 5.26 Å². The molecule has 3 fully saturated rings. The summed E-state index contributed by atoms with van der Waals surface area (Å²) in [6.45, 7) is 11.3. The highest BCUT2D eigenvalue weighted by atomic mass is 31.2. The van der Waals surface area contributed by atoms with Crippen molar-refractivity contribution in [3.63, 3.8) is 0 Å². The molecule has 20 nitrogen and oxygen atoms in total. The number of phosphoric acid groups is 1. The Labute approximate surface area is 435 Å². The number of para-hydroxylation sites is 2. The van der Waals surface area contributed by atoms with Gasteiger partial charge in [-0.15, -0.1) is 0 Å². The monoisotopic (exact) mass is 1070 g/mol. The van der Waals surface area contributed by atoms with Gasteiger partial charge < -0.3 is 28.0 Å². The number of rotatable bonds is 15. The molecule has 2 N–H and O–H groups in total. The third-order valence-electron chi connectivity index (χ3n) is 14.0. The van der Waals surface area contributed by atoms with Gasteiger partial charge in [-0.2, -0.15) is 5.26 Å². The lowest BCUT2D eigenvalue weighted by Gasteiger charge is -2.44. The maximum Gasteiger partial charge on any atom is 0.475 e. The van der Waals surface area contributed by atoms with E-state index in [0.29, 0.717) is 30.8 Å². The highest BCUT2D eigenvalue weighted by Crippen LogP contribution is 2.59. The van der Waals surface area contributed by atoms with E-state index in [4.69, 9.17) is 41.6 Å². The largest absolute Gasteiger partial charge is 0.475 e. The fraction of sp³-hybridized carbons (Fsp3) is 0.491. The Morgan fingerprint density at radius 1 is 0.760 bits per heavy atom. The van der Waals surface area contributed by atoms with Crippen molar-refractivity contribution in [2.24, 2.45) is 0 Å². The van der Waals surface area contributed by atoms with Crippen LogP contribution in [0.1, 0.15) is 113 Å². The van der Waals surface area contributed by atoms with Crippen LogP contribution in [0.15, 0.2) is 110 Å². The second-order valence-electron chi connectivity index (χ2n) is 19.7. The molecule has 3 saturated heterocycles. The Kier molecular flexibility index (Phi) is 16.7. The summed E-state index contributed by atoms with van der Waals surface area (Å²) in [6, 6.07) is 27.2. The number of aryl methyl sites for hydroxylation is 2. The number of phosphoric ester groups is 1. The standard InChI is InChI=1S/C53H64N6O14P2/c1-32(2)59(33(3)4)74(66-27-17-26-54)71-43-28-45(57-30-34(5)49(60)55-51(57)62)69-48(43)42-25-16-15-24-41(47-44(73-75(64,65-7)72-42)29-46(68-47)58-31-35(6)50(61)56-52(58)63)70-53(36-18-9-8-10-19-36)37-20-11-13-22-39(37)67-40-23-14-12-21-38(40)53/h8-14,18-23,30-33,41-48H,15-17,24-25,27-29H2,1-7H3,(H,55,60,62)(H,56,61,63)/t41-,42-,43-,44-,45+,46+,47+,48+,74?,75?/m0/s1. The molecule has 22 heteroatoms. The number of fused-ring (bicyclic) bond motifs is 3. The molecule has 9 rings (SSSR count). The molecule has 0 spiro atoms. The number of aromatic nitrogens is 4. The van der Waals surface area contributed by atoms with E-state index in [1.807, 2.05) is 107 Å². The number of hydrogen-bond donors (Lipinski definition) is 2. The lowest BCUT2D eigenvalue weighted by molar-refractivity contribution is -0.148. The minimum Gasteiger partial charge on any atom is -0.457 e. The number of ether oxygens (including phenoxy) is 4. The van der Waals surface area contributed by atoms with Crippen LogP contribution in [0.25, 0.3) is 0 Å². The zero-order valence-electron chi connectivity index (χ0n) is 43.0. The smallest absolute Gasteiger partial charge is 0.457 e. The molecule has 0 bridgehead atoms. The van der Waals surface area contributed by atoms with Crippen molar-refractivity contribution in [3.8, 4) is 17.6 Å². The van der Waals surface area contributed by atoms with E-state index >= 15 is 4.57 Å². The fourth-order valence-corrected chi connectivity index (χ4v) is 13.7. The minimum absolute atomic E-state index is 0.0568. The highest BCUT2D eigenvalue weighted by molar-refractivity contribution is 7.48. The molecule has 3 aromatic carbocycles. The van der Waals surface area contributed by atoms with Gasteiger partial charge in [-0.1, -0.05) is 79.6 Å². The van der Waals surface area contributed by atoms with Crippen LogP contribution >= 0.6 is 16.3 Å². The van der Waals surface area contributed by atoms with E-state index in [9.17, 15) is 24.4 Å². The van der Waals surface area contributed by atoms with Crippen LogP contribution in [0.4, 0.5) is 0 Å². The minimum atomic E-state index is -4.68. The average Bonchev–Trinajstić information content (AvgIpc) is 4.01. The zero-order valence-corrected chi connectivity index (χ0v) is 44.8. The number of nitrogens with zero attached hydrogens (tertiary/aromatic N) is 4. The van der Waals surface area contributed by atoms with Crippen molar-refractivity contribution in [3.05, 3.63) is 161 Å². The van der Waals surface area contributed by atoms with Gasteiger partial charge in [0.25, 0.3) is 19.6 Å². The Morgan fingerprint density at radius 2 is 1.29 bits per heavy atom. The Balaban J connectivity index is 1.14. The van der Waals surface area contributed by atoms with Gasteiger partial charge in [-0.3, -0.25) is 42.3 Å². The number of H-pyrrole nitrogens is 2. The van der Waals surface area contributed by atoms with Crippen LogP contribution in [0.5, 0.6) is 11.5 Å². The molecule has 4 aliphatic heterocycles. The second kappa shape index (κ2) is 23.1. The van der Waals surface area contributed by atoms with Gasteiger partial charge in [0.1, 0.15) is 42.3 Å². The molecule has 400 valence electrons. The van der Waals surface area contributed by atoms with Crippen molar-refractivity contribution in [2.45, 2.75) is 153 Å². The third kappa shape index (κ3) is 11.2. The number of nitriles is 1. The molecule has 4 aliphatic rings. The van der Waals surface area contributed by atoms with Crippen LogP contribution in [0.2, 0.25) is 0 Å². The van der Waals surface area contributed by atoms with E-state index in [1.165, 1.54) is 28.6 Å². The predicted molar refractivity (Wildman–Crippen MR) is 276 cm³/mol. The SMILES string of the molecule is COP1(=O)O[C@H]2C[C@H](n3cc(C)c(=O)[nH]c3=O)O[C@@H]2[C@@H](OC2(c3ccccc3)c3ccccc3Oc3ccccc32)CCCC[C@@H]([C@H]2O[C@@H](n3cc(C)c(=O)[nH]c3=O)C[C@@H]2OP(OCCC#N)N(C(C)C)C(C)C)O1. The van der Waals surface area contributed by atoms with E-state index < -0.39 is 93.5 Å². The van der Waals surface area contributed by atoms with Crippen LogP contribution in [-0.4, -0.2) is 86.2 Å². The van der Waals surface area contributed by atoms with Crippen molar-refractivity contribution in [2.75, 3.05) is 13.7 Å². The molecular weight excluding hydrogens is 1010 g/mol. The zero-order chi connectivity index (χ0) is 53.2. The summed E-state index contributed by atoms with van der Waals surface area (Å²) in [7, 11) is -5.34. The summed E-state index contributed by atoms with van der Waals surface area (Å²) in [4.78, 5) is 57.0. The normalized spacial score (nSPS) is 26.9. The van der Waals surface area contributed by atoms with Gasteiger partial charge in [0.15, 0.2) is 5.60 Å². The number of nitrogens with one attached hydrogen (secondary N) is 2. The molecule has 6 heterocycles. The first-order valence-electron chi connectivity index (χ1n) is 25.4. The Morgan fingerprint density at radius 3 is 1.87 bits per heavy atom. The van der Waals surface area contributed by atoms with E-state index in [0.717, 1.165) is 16.7 Å². The predicted octanol–water partition coefficient (Wildman–Crippen LogP) is 8.52. The molecule has 2 aromatic heterocycles. The fourth-order valence-electron chi connectivity index (χ4n) is 10.6. The average molecular weight is 1070 g/mol. The second-order valence-corrected chi connectivity index (χ2v) is 22.8. The number of benzene rings is 3. The van der Waals surface area contributed by atoms with Crippen LogP contribution < -0.4 is 27.2 Å². The van der Waals surface area contributed by atoms with Gasteiger partial charge in [0.05, 0.1) is 37.4 Å². The molecular formula is C53H64N6O14P2. The summed E-state index contributed by atoms with van der Waals surface area (Å²) >= 11 is 0. The summed E-state index contributed by atoms with van der Waals surface area (Å²) < 4.78 is 80.6. The first-order chi connectivity index (χ1) is 36.0. The molecule has 2 unspecified atom stereocenters. The number of hydrogen-bond acceptors (Lipinski definition) is 16. The first kappa shape index (κ1) is 54.4. The molecule has 0 radical (unpaired) electrons. The van der Waals surface area contributed by atoms with Gasteiger partial charge in [0.2, 0.25) is 0 Å². The molecule has 10 atom stereocenters. The van der Waals surface area contributed by atoms with Crippen molar-refractivity contribution < 1.29 is 46.1 Å².